The highest BCUT2D eigenvalue weighted by Gasteiger charge is 2.38. The van der Waals surface area contributed by atoms with E-state index in [2.05, 4.69) is 0 Å². The van der Waals surface area contributed by atoms with Crippen molar-refractivity contribution in [1.82, 2.24) is 4.57 Å². The monoisotopic (exact) mass is 666 g/mol. The summed E-state index contributed by atoms with van der Waals surface area (Å²) in [6, 6.07) is 5.28. The molecule has 4 rings (SSSR count). The molecule has 0 radical (unpaired) electrons. The Kier molecular flexibility index (Phi) is 9.37. The van der Waals surface area contributed by atoms with E-state index in [9.17, 15) is 44.4 Å². The van der Waals surface area contributed by atoms with Crippen LogP contribution in [0.4, 0.5) is 37.7 Å². The van der Waals surface area contributed by atoms with E-state index in [4.69, 9.17) is 11.6 Å². The molecule has 1 N–H and O–H groups in total. The maximum absolute atomic E-state index is 13.6. The van der Waals surface area contributed by atoms with Crippen LogP contribution in [0, 0.1) is 0 Å². The van der Waals surface area contributed by atoms with Gasteiger partial charge in [0.1, 0.15) is 5.82 Å². The molecule has 2 heterocycles. The summed E-state index contributed by atoms with van der Waals surface area (Å²) in [5.74, 6) is 0.778. The Morgan fingerprint density at radius 1 is 1.05 bits per heavy atom. The second kappa shape index (κ2) is 12.3. The molecular formula is C28H29ClF6N4O4S. The summed E-state index contributed by atoms with van der Waals surface area (Å²) in [5.41, 5.74) is -0.800. The molecule has 0 fully saturated rings. The van der Waals surface area contributed by atoms with Crippen molar-refractivity contribution in [3.8, 4) is 0 Å². The summed E-state index contributed by atoms with van der Waals surface area (Å²) < 4.78 is 119. The summed E-state index contributed by atoms with van der Waals surface area (Å²) in [4.78, 5) is 3.20. The first kappa shape index (κ1) is 33.6. The maximum atomic E-state index is 13.6. The number of aromatic nitrogens is 2. The number of imidazole rings is 1. The second-order valence-corrected chi connectivity index (χ2v) is 12.4. The zero-order chi connectivity index (χ0) is 32.8. The van der Waals surface area contributed by atoms with E-state index in [-0.39, 0.29) is 37.3 Å². The molecule has 16 heteroatoms. The molecule has 1 unspecified atom stereocenters. The van der Waals surface area contributed by atoms with Gasteiger partial charge < -0.3 is 19.5 Å². The van der Waals surface area contributed by atoms with E-state index in [0.717, 1.165) is 18.2 Å². The van der Waals surface area contributed by atoms with E-state index in [1.807, 2.05) is 0 Å². The Bertz CT molecular complexity index is 1730. The van der Waals surface area contributed by atoms with Gasteiger partial charge in [-0.3, -0.25) is 0 Å². The summed E-state index contributed by atoms with van der Waals surface area (Å²) in [7, 11) is -3.04. The Balaban J connectivity index is 1.82. The van der Waals surface area contributed by atoms with Crippen LogP contribution in [0.3, 0.4) is 0 Å². The van der Waals surface area contributed by atoms with E-state index in [1.165, 1.54) is 28.5 Å². The minimum absolute atomic E-state index is 0.0437. The smallest absolute Gasteiger partial charge is 0.417 e. The Hall–Kier alpha value is -3.27. The van der Waals surface area contributed by atoms with Gasteiger partial charge in [-0.1, -0.05) is 17.7 Å². The van der Waals surface area contributed by atoms with Crippen LogP contribution in [-0.2, 0) is 36.1 Å². The standard InChI is InChI=1S/C28H29ClF6N4O4S/c1-4-37-24-16-20(29)19(28(33,34)35)15-23(24)39(12-13-40)26(37)7-5-6-25-36(3)21-9-8-18(27(30,31)32)14-22(21)38(25)11-10-17(2)44(41,42)43/h5-9,14-17,40H,4,10-13H2,1-3H3. The summed E-state index contributed by atoms with van der Waals surface area (Å²) in [6.45, 7) is 2.80. The third-order valence-corrected chi connectivity index (χ3v) is 9.00. The van der Waals surface area contributed by atoms with E-state index >= 15 is 0 Å². The minimum Gasteiger partial charge on any atom is -0.748 e. The van der Waals surface area contributed by atoms with Crippen molar-refractivity contribution in [3.05, 3.63) is 70.3 Å². The maximum Gasteiger partial charge on any atom is 0.417 e. The lowest BCUT2D eigenvalue weighted by Crippen LogP contribution is -2.31. The molecular weight excluding hydrogens is 638 g/mol. The normalized spacial score (nSPS) is 16.1. The molecule has 0 amide bonds. The number of benzene rings is 2. The number of hydrogen-bond donors (Lipinski definition) is 1. The number of aliphatic hydroxyl groups excluding tert-OH is 1. The zero-order valence-corrected chi connectivity index (χ0v) is 25.3. The topological polar surface area (TPSA) is 92.7 Å². The van der Waals surface area contributed by atoms with Gasteiger partial charge in [0, 0.05) is 31.7 Å². The molecule has 1 aliphatic heterocycles. The number of halogens is 7. The van der Waals surface area contributed by atoms with Crippen molar-refractivity contribution in [2.75, 3.05) is 29.5 Å². The van der Waals surface area contributed by atoms with Gasteiger partial charge >= 0.3 is 12.4 Å². The van der Waals surface area contributed by atoms with Crippen LogP contribution in [-0.4, -0.2) is 47.6 Å². The van der Waals surface area contributed by atoms with Crippen LogP contribution in [0.5, 0.6) is 0 Å². The Labute approximate surface area is 254 Å². The number of hydrogen-bond acceptors (Lipinski definition) is 6. The van der Waals surface area contributed by atoms with Crippen molar-refractivity contribution in [3.63, 3.8) is 0 Å². The highest BCUT2D eigenvalue weighted by Crippen LogP contribution is 2.47. The van der Waals surface area contributed by atoms with Gasteiger partial charge in [-0.05, 0) is 44.2 Å². The number of rotatable bonds is 9. The second-order valence-electron chi connectivity index (χ2n) is 10.2. The van der Waals surface area contributed by atoms with Gasteiger partial charge in [0.15, 0.2) is 11.0 Å². The molecule has 2 aromatic carbocycles. The van der Waals surface area contributed by atoms with Crippen LogP contribution >= 0.6 is 11.6 Å². The van der Waals surface area contributed by atoms with Crippen LogP contribution in [0.1, 0.15) is 37.2 Å². The van der Waals surface area contributed by atoms with Crippen molar-refractivity contribution < 1.29 is 49.0 Å². The minimum atomic E-state index is -4.71. The SMILES string of the molecule is CCN1/C(=C\C=C\c2n(CCC(C)S(=O)(=O)[O-])c3cc(C(F)(F)F)ccc3[n+]2C)N(CCO)c2cc(C(F)(F)F)c(Cl)cc21. The lowest BCUT2D eigenvalue weighted by molar-refractivity contribution is -0.647. The Morgan fingerprint density at radius 3 is 2.27 bits per heavy atom. The largest absolute Gasteiger partial charge is 0.748 e. The van der Waals surface area contributed by atoms with Crippen LogP contribution < -0.4 is 14.4 Å². The molecule has 1 aliphatic rings. The van der Waals surface area contributed by atoms with Gasteiger partial charge in [-0.25, -0.2) is 17.6 Å². The average Bonchev–Trinajstić information content (AvgIpc) is 3.35. The third-order valence-electron chi connectivity index (χ3n) is 7.46. The van der Waals surface area contributed by atoms with Crippen LogP contribution in [0.15, 0.2) is 48.3 Å². The van der Waals surface area contributed by atoms with Crippen molar-refractivity contribution >= 4 is 50.2 Å². The number of β-amino-alcohol motifs (C(OH)–C–C–N with tert-alkyl or cyclic N) is 1. The molecule has 3 aromatic rings. The molecule has 0 spiro atoms. The number of allylic oxidation sites excluding steroid dienone is 2. The molecule has 240 valence electrons. The first-order chi connectivity index (χ1) is 20.4. The van der Waals surface area contributed by atoms with E-state index in [0.29, 0.717) is 29.4 Å². The van der Waals surface area contributed by atoms with Gasteiger partial charge in [0.25, 0.3) is 5.82 Å². The molecule has 44 heavy (non-hydrogen) atoms. The van der Waals surface area contributed by atoms with Crippen LogP contribution in [0.2, 0.25) is 5.02 Å². The van der Waals surface area contributed by atoms with Gasteiger partial charge in [0.05, 0.1) is 63.1 Å². The average molecular weight is 667 g/mol. The number of alkyl halides is 6. The molecule has 1 atom stereocenters. The fraction of sp³-hybridized carbons (Fsp3) is 0.393. The van der Waals surface area contributed by atoms with Crippen molar-refractivity contribution in [2.45, 2.75) is 44.4 Å². The predicted molar refractivity (Wildman–Crippen MR) is 153 cm³/mol. The molecule has 0 saturated carbocycles. The first-order valence-electron chi connectivity index (χ1n) is 13.4. The molecule has 8 nitrogen and oxygen atoms in total. The number of aliphatic hydroxyl groups is 1. The fourth-order valence-corrected chi connectivity index (χ4v) is 5.84. The highest BCUT2D eigenvalue weighted by molar-refractivity contribution is 7.86. The molecule has 0 bridgehead atoms. The lowest BCUT2D eigenvalue weighted by Gasteiger charge is -2.23. The Morgan fingerprint density at radius 2 is 1.70 bits per heavy atom. The third kappa shape index (κ3) is 6.55. The summed E-state index contributed by atoms with van der Waals surface area (Å²) >= 11 is 5.98. The van der Waals surface area contributed by atoms with E-state index < -0.39 is 43.9 Å². The predicted octanol–water partition coefficient (Wildman–Crippen LogP) is 5.67. The molecule has 0 aliphatic carbocycles. The van der Waals surface area contributed by atoms with Crippen molar-refractivity contribution in [2.24, 2.45) is 7.05 Å². The van der Waals surface area contributed by atoms with Crippen LogP contribution in [0.25, 0.3) is 17.1 Å². The van der Waals surface area contributed by atoms with Gasteiger partial charge in [-0.2, -0.15) is 26.3 Å². The number of aryl methyl sites for hydroxylation is 2. The van der Waals surface area contributed by atoms with Gasteiger partial charge in [-0.15, -0.1) is 0 Å². The summed E-state index contributed by atoms with van der Waals surface area (Å²) in [6.07, 6.45) is -4.84. The molecule has 0 saturated heterocycles. The number of nitrogens with zero attached hydrogens (tertiary/aromatic N) is 4. The fourth-order valence-electron chi connectivity index (χ4n) is 5.18. The number of fused-ring (bicyclic) bond motifs is 2. The highest BCUT2D eigenvalue weighted by atomic mass is 35.5. The molecule has 1 aromatic heterocycles. The van der Waals surface area contributed by atoms with E-state index in [1.54, 1.807) is 41.7 Å². The zero-order valence-electron chi connectivity index (χ0n) is 23.7. The van der Waals surface area contributed by atoms with Crippen molar-refractivity contribution in [1.29, 1.82) is 0 Å². The summed E-state index contributed by atoms with van der Waals surface area (Å²) in [5, 5.41) is 7.92. The van der Waals surface area contributed by atoms with Gasteiger partial charge in [0.2, 0.25) is 0 Å². The quantitative estimate of drug-likeness (QED) is 0.180. The number of anilines is 2. The first-order valence-corrected chi connectivity index (χ1v) is 15.2. The lowest BCUT2D eigenvalue weighted by atomic mass is 10.1.